The van der Waals surface area contributed by atoms with E-state index < -0.39 is 0 Å². The maximum absolute atomic E-state index is 4.37. The minimum Gasteiger partial charge on any atom is -0.276 e. The van der Waals surface area contributed by atoms with Gasteiger partial charge in [-0.2, -0.15) is 5.10 Å². The summed E-state index contributed by atoms with van der Waals surface area (Å²) < 4.78 is 3.33. The topological polar surface area (TPSA) is 21.1 Å². The van der Waals surface area contributed by atoms with E-state index in [-0.39, 0.29) is 0 Å². The fraction of sp³-hybridized carbons (Fsp3) is 0.625. The number of hydrogen-bond acceptors (Lipinski definition) is 2. The van der Waals surface area contributed by atoms with Crippen molar-refractivity contribution in [3.8, 4) is 0 Å². The van der Waals surface area contributed by atoms with E-state index in [9.17, 15) is 0 Å². The Labute approximate surface area is 79.5 Å². The average Bonchev–Trinajstić information content (AvgIpc) is 2.63. The van der Waals surface area contributed by atoms with Crippen molar-refractivity contribution in [3.05, 3.63) is 16.4 Å². The van der Waals surface area contributed by atoms with Crippen molar-refractivity contribution in [1.29, 1.82) is 0 Å². The monoisotopic (exact) mass is 227 g/mol. The summed E-state index contributed by atoms with van der Waals surface area (Å²) in [7, 11) is 0. The first-order chi connectivity index (χ1) is 5.86. The lowest BCUT2D eigenvalue weighted by molar-refractivity contribution is 0.225. The number of nitrogens with zero attached hydrogens (tertiary/aromatic N) is 3. The van der Waals surface area contributed by atoms with Gasteiger partial charge in [-0.15, -0.1) is 0 Å². The van der Waals surface area contributed by atoms with E-state index >= 15 is 0 Å². The molecule has 1 aromatic rings. The van der Waals surface area contributed by atoms with Crippen LogP contribution in [-0.4, -0.2) is 21.2 Å². The first-order valence-electron chi connectivity index (χ1n) is 4.32. The Balaban J connectivity index is 2.09. The van der Waals surface area contributed by atoms with Gasteiger partial charge in [-0.3, -0.25) is 4.90 Å². The van der Waals surface area contributed by atoms with Gasteiger partial charge in [0.05, 0.1) is 16.4 Å². The quantitative estimate of drug-likeness (QED) is 0.674. The molecule has 64 valence electrons. The van der Waals surface area contributed by atoms with Gasteiger partial charge in [0.2, 0.25) is 0 Å². The molecule has 0 aliphatic carbocycles. The van der Waals surface area contributed by atoms with Crippen molar-refractivity contribution >= 4 is 15.9 Å². The second kappa shape index (κ2) is 2.33. The van der Waals surface area contributed by atoms with E-state index in [4.69, 9.17) is 0 Å². The Morgan fingerprint density at radius 1 is 1.58 bits per heavy atom. The number of fused-ring (bicyclic) bond motifs is 3. The van der Waals surface area contributed by atoms with Gasteiger partial charge in [0, 0.05) is 13.1 Å². The van der Waals surface area contributed by atoms with Gasteiger partial charge < -0.3 is 0 Å². The van der Waals surface area contributed by atoms with Crippen molar-refractivity contribution in [1.82, 2.24) is 14.7 Å². The van der Waals surface area contributed by atoms with E-state index in [0.717, 1.165) is 11.0 Å². The van der Waals surface area contributed by atoms with Crippen molar-refractivity contribution in [2.75, 3.05) is 6.54 Å². The summed E-state index contributed by atoms with van der Waals surface area (Å²) in [6.45, 7) is 2.31. The molecule has 0 saturated carbocycles. The van der Waals surface area contributed by atoms with Crippen LogP contribution in [0.2, 0.25) is 0 Å². The van der Waals surface area contributed by atoms with E-state index in [1.807, 2.05) is 6.20 Å². The Morgan fingerprint density at radius 2 is 2.50 bits per heavy atom. The van der Waals surface area contributed by atoms with Gasteiger partial charge in [0.15, 0.2) is 0 Å². The lowest BCUT2D eigenvalue weighted by Crippen LogP contribution is -2.18. The summed E-state index contributed by atoms with van der Waals surface area (Å²) >= 11 is 3.52. The highest BCUT2D eigenvalue weighted by molar-refractivity contribution is 9.10. The minimum absolute atomic E-state index is 0.561. The van der Waals surface area contributed by atoms with Gasteiger partial charge in [0.25, 0.3) is 0 Å². The summed E-state index contributed by atoms with van der Waals surface area (Å²) in [5.41, 5.74) is 1.35. The Morgan fingerprint density at radius 3 is 3.42 bits per heavy atom. The Hall–Kier alpha value is -0.350. The summed E-state index contributed by atoms with van der Waals surface area (Å²) in [5.74, 6) is 0. The zero-order valence-electron chi connectivity index (χ0n) is 6.70. The molecule has 1 atom stereocenters. The SMILES string of the molecule is Brc1cnn2c1CN1CCCC12. The van der Waals surface area contributed by atoms with Crippen LogP contribution >= 0.6 is 15.9 Å². The van der Waals surface area contributed by atoms with Crippen LogP contribution in [0.3, 0.4) is 0 Å². The highest BCUT2D eigenvalue weighted by atomic mass is 79.9. The fourth-order valence-electron chi connectivity index (χ4n) is 2.23. The molecule has 0 radical (unpaired) electrons. The van der Waals surface area contributed by atoms with E-state index in [0.29, 0.717) is 6.17 Å². The van der Waals surface area contributed by atoms with Crippen molar-refractivity contribution in [2.45, 2.75) is 25.6 Å². The van der Waals surface area contributed by atoms with Crippen LogP contribution in [0.25, 0.3) is 0 Å². The largest absolute Gasteiger partial charge is 0.276 e. The Kier molecular flexibility index (Phi) is 1.37. The molecular weight excluding hydrogens is 218 g/mol. The summed E-state index contributed by atoms with van der Waals surface area (Å²) in [4.78, 5) is 2.49. The Bertz CT molecular complexity index is 320. The van der Waals surface area contributed by atoms with Crippen LogP contribution < -0.4 is 0 Å². The molecule has 3 rings (SSSR count). The van der Waals surface area contributed by atoms with E-state index in [2.05, 4.69) is 30.6 Å². The predicted molar refractivity (Wildman–Crippen MR) is 48.6 cm³/mol. The van der Waals surface area contributed by atoms with Gasteiger partial charge in [0.1, 0.15) is 6.17 Å². The van der Waals surface area contributed by atoms with Crippen LogP contribution in [0.5, 0.6) is 0 Å². The molecule has 0 aromatic carbocycles. The van der Waals surface area contributed by atoms with Crippen LogP contribution in [-0.2, 0) is 6.54 Å². The molecule has 12 heavy (non-hydrogen) atoms. The highest BCUT2D eigenvalue weighted by Gasteiger charge is 2.35. The maximum atomic E-state index is 4.37. The molecule has 3 heterocycles. The molecule has 1 fully saturated rings. The molecule has 0 bridgehead atoms. The minimum atomic E-state index is 0.561. The second-order valence-electron chi connectivity index (χ2n) is 3.48. The third-order valence-corrected chi connectivity index (χ3v) is 3.47. The number of halogens is 1. The molecule has 0 amide bonds. The van der Waals surface area contributed by atoms with Crippen molar-refractivity contribution in [3.63, 3.8) is 0 Å². The lowest BCUT2D eigenvalue weighted by Gasteiger charge is -2.13. The highest BCUT2D eigenvalue weighted by Crippen LogP contribution is 2.37. The molecule has 3 nitrogen and oxygen atoms in total. The first kappa shape index (κ1) is 7.09. The van der Waals surface area contributed by atoms with E-state index in [1.165, 1.54) is 25.1 Å². The molecular formula is C8H10BrN3. The smallest absolute Gasteiger partial charge is 0.105 e. The summed E-state index contributed by atoms with van der Waals surface area (Å²) in [6.07, 6.45) is 5.06. The molecule has 0 spiro atoms. The number of hydrogen-bond donors (Lipinski definition) is 0. The third-order valence-electron chi connectivity index (χ3n) is 2.81. The average molecular weight is 228 g/mol. The molecule has 4 heteroatoms. The molecule has 2 aliphatic rings. The molecule has 1 aromatic heterocycles. The van der Waals surface area contributed by atoms with E-state index in [1.54, 1.807) is 0 Å². The normalized spacial score (nSPS) is 27.6. The number of rotatable bonds is 0. The molecule has 1 unspecified atom stereocenters. The molecule has 0 N–H and O–H groups in total. The molecule has 1 saturated heterocycles. The van der Waals surface area contributed by atoms with Crippen LogP contribution in [0.4, 0.5) is 0 Å². The zero-order chi connectivity index (χ0) is 8.13. The van der Waals surface area contributed by atoms with Crippen molar-refractivity contribution < 1.29 is 0 Å². The predicted octanol–water partition coefficient (Wildman–Crippen LogP) is 1.75. The third kappa shape index (κ3) is 0.769. The van der Waals surface area contributed by atoms with Crippen LogP contribution in [0.15, 0.2) is 10.7 Å². The number of aromatic nitrogens is 2. The lowest BCUT2D eigenvalue weighted by atomic mass is 10.3. The zero-order valence-corrected chi connectivity index (χ0v) is 8.29. The first-order valence-corrected chi connectivity index (χ1v) is 5.11. The maximum Gasteiger partial charge on any atom is 0.105 e. The second-order valence-corrected chi connectivity index (χ2v) is 4.33. The molecule has 2 aliphatic heterocycles. The standard InChI is InChI=1S/C8H10BrN3/c9-6-4-10-12-7(6)5-11-3-1-2-8(11)12/h4,8H,1-3,5H2. The van der Waals surface area contributed by atoms with Crippen molar-refractivity contribution in [2.24, 2.45) is 0 Å². The van der Waals surface area contributed by atoms with Crippen LogP contribution in [0.1, 0.15) is 24.7 Å². The van der Waals surface area contributed by atoms with Crippen LogP contribution in [0, 0.1) is 0 Å². The summed E-state index contributed by atoms with van der Waals surface area (Å²) in [5, 5.41) is 4.37. The van der Waals surface area contributed by atoms with Gasteiger partial charge in [-0.25, -0.2) is 4.68 Å². The van der Waals surface area contributed by atoms with Gasteiger partial charge in [-0.1, -0.05) is 0 Å². The van der Waals surface area contributed by atoms with Gasteiger partial charge >= 0.3 is 0 Å². The van der Waals surface area contributed by atoms with Gasteiger partial charge in [-0.05, 0) is 28.8 Å². The fourth-order valence-corrected chi connectivity index (χ4v) is 2.63. The summed E-state index contributed by atoms with van der Waals surface area (Å²) in [6, 6.07) is 0.